The maximum atomic E-state index is 17.0. The Hall–Kier alpha value is -12.1. The van der Waals surface area contributed by atoms with Crippen LogP contribution in [0.5, 0.6) is 69.0 Å². The Bertz CT molecular complexity index is 5580. The minimum atomic E-state index is -2.59. The number of para-hydroxylation sites is 1. The average Bonchev–Trinajstić information content (AvgIpc) is 0.789. The Labute approximate surface area is 766 Å². The molecule has 7 aromatic carbocycles. The lowest BCUT2D eigenvalue weighted by molar-refractivity contribution is -0.284. The number of aliphatic hydroxyl groups excluding tert-OH is 10. The van der Waals surface area contributed by atoms with Gasteiger partial charge in [-0.05, 0) is 113 Å². The van der Waals surface area contributed by atoms with Gasteiger partial charge in [0, 0.05) is 54.2 Å². The maximum absolute atomic E-state index is 17.0. The van der Waals surface area contributed by atoms with Crippen LogP contribution in [0.4, 0.5) is 0 Å². The largest absolute Gasteiger partial charge is 0.508 e. The second-order valence-electron chi connectivity index (χ2n) is 33.3. The number of phenols is 4. The second-order valence-corrected chi connectivity index (χ2v) is 34.1. The molecule has 133 heavy (non-hydrogen) atoms. The highest BCUT2D eigenvalue weighted by Crippen LogP contribution is 2.51. The number of benzene rings is 7. The summed E-state index contributed by atoms with van der Waals surface area (Å²) in [5, 5.41) is 191. The number of fused-ring (bicyclic) bond motifs is 13. The van der Waals surface area contributed by atoms with Gasteiger partial charge in [0.1, 0.15) is 156 Å². The molecule has 25 N–H and O–H groups in total. The molecule has 3 fully saturated rings. The Balaban J connectivity index is 1.03. The standard InChI is InChI=1S/C89H99Cl2N9O33/c1-4-34(2)10-7-5-6-8-13-60(109)95-68-74(114)71(111)58(32-102)130-88(68)133-79-55-26-40-27-56(79)127-53-19-16-38(25-48(53)91)77(132-87-67(93-35(3)104)73(113)70(110)57(31-101)129-87)69-85(122)99-66(86(123)124)46-29-42(106)30-54(128-89-76(116)75(115)72(112)59(33-103)131-89)61(46)45-24-37(15-17-50(45)107)63(82(119)100-69)97-84(121)65(40)98-83(120)64-39-22-41(105)28-43(23-39)125-78-44(11-9-12-51(78)108)62(92)81(118)94-49(80(117)96-64)21-36-14-18-52(126-55)47(90)20-36/h9,11-12,14-20,22-30,34,49,57-59,62-77,87-89,101-103,105-108,110-116H,4-8,10,13,21,31-33,92H2,1-3H3,(H,93,104)(H,94,118)(H,95,109)(H,96,117)(H,97,121)(H,98,120)(H,99,122)(H,100,119)(H,123,124). The van der Waals surface area contributed by atoms with Crippen molar-refractivity contribution in [1.82, 2.24) is 42.5 Å². The van der Waals surface area contributed by atoms with Crippen LogP contribution in [0, 0.1) is 5.92 Å². The smallest absolute Gasteiger partial charge is 0.330 e. The van der Waals surface area contributed by atoms with E-state index in [0.717, 1.165) is 111 Å². The molecule has 7 aromatic rings. The van der Waals surface area contributed by atoms with Crippen LogP contribution in [0.1, 0.15) is 141 Å². The van der Waals surface area contributed by atoms with Crippen molar-refractivity contribution in [3.63, 3.8) is 0 Å². The van der Waals surface area contributed by atoms with Crippen molar-refractivity contribution in [2.45, 2.75) is 213 Å². The lowest BCUT2D eigenvalue weighted by Crippen LogP contribution is -2.65. The molecule has 44 heteroatoms. The summed E-state index contributed by atoms with van der Waals surface area (Å²) in [5.74, 6) is -19.4. The Morgan fingerprint density at radius 2 is 1.11 bits per heavy atom. The first-order valence-corrected chi connectivity index (χ1v) is 43.3. The summed E-state index contributed by atoms with van der Waals surface area (Å²) < 4.78 is 57.6. The van der Waals surface area contributed by atoms with E-state index in [0.29, 0.717) is 18.8 Å². The number of carboxylic acids is 1. The van der Waals surface area contributed by atoms with Gasteiger partial charge in [0.2, 0.25) is 65.6 Å². The molecule has 0 saturated carbocycles. The van der Waals surface area contributed by atoms with E-state index in [9.17, 15) is 95.8 Å². The molecule has 0 aromatic heterocycles. The van der Waals surface area contributed by atoms with Gasteiger partial charge in [0.15, 0.2) is 35.3 Å². The summed E-state index contributed by atoms with van der Waals surface area (Å²) in [5.41, 5.74) is 2.64. The minimum Gasteiger partial charge on any atom is -0.508 e. The molecule has 0 aliphatic carbocycles. The van der Waals surface area contributed by atoms with Gasteiger partial charge >= 0.3 is 5.97 Å². The third-order valence-electron chi connectivity index (χ3n) is 24.0. The number of unbranched alkanes of at least 4 members (excludes halogenated alkanes) is 3. The zero-order valence-corrected chi connectivity index (χ0v) is 72.5. The Morgan fingerprint density at radius 3 is 1.74 bits per heavy atom. The monoisotopic (exact) mass is 1890 g/mol. The number of aliphatic hydroxyl groups is 10. The van der Waals surface area contributed by atoms with E-state index >= 15 is 24.0 Å². The van der Waals surface area contributed by atoms with E-state index in [1.807, 2.05) is 0 Å². The first-order valence-electron chi connectivity index (χ1n) is 42.5. The van der Waals surface area contributed by atoms with Gasteiger partial charge in [-0.3, -0.25) is 38.4 Å². The van der Waals surface area contributed by atoms with Gasteiger partial charge in [-0.15, -0.1) is 0 Å². The van der Waals surface area contributed by atoms with Crippen LogP contribution in [0.2, 0.25) is 10.0 Å². The average molecular weight is 1890 g/mol. The minimum absolute atomic E-state index is 0.142. The van der Waals surface area contributed by atoms with Crippen LogP contribution in [-0.2, 0) is 68.5 Å². The summed E-state index contributed by atoms with van der Waals surface area (Å²) in [4.78, 5) is 139. The highest BCUT2D eigenvalue weighted by Gasteiger charge is 2.52. The van der Waals surface area contributed by atoms with Crippen molar-refractivity contribution in [2.24, 2.45) is 11.7 Å². The molecule has 24 atom stereocenters. The van der Waals surface area contributed by atoms with Crippen LogP contribution in [0.25, 0.3) is 11.1 Å². The lowest BCUT2D eigenvalue weighted by atomic mass is 9.89. The lowest BCUT2D eigenvalue weighted by Gasteiger charge is -2.44. The van der Waals surface area contributed by atoms with Crippen LogP contribution in [0.3, 0.4) is 0 Å². The molecule has 0 spiro atoms. The normalized spacial score (nSPS) is 29.0. The van der Waals surface area contributed by atoms with Crippen molar-refractivity contribution in [2.75, 3.05) is 19.8 Å². The van der Waals surface area contributed by atoms with Crippen molar-refractivity contribution in [1.29, 1.82) is 0 Å². The number of phenolic OH excluding ortho intramolecular Hbond substituents is 4. The van der Waals surface area contributed by atoms with E-state index in [2.05, 4.69) is 56.4 Å². The number of nitrogens with two attached hydrogens (primary N) is 1. The molecule has 16 rings (SSSR count). The number of nitrogens with one attached hydrogen (secondary N) is 8. The van der Waals surface area contributed by atoms with Crippen LogP contribution in [0.15, 0.2) is 115 Å². The van der Waals surface area contributed by atoms with Crippen molar-refractivity contribution in [3.8, 4) is 80.1 Å². The van der Waals surface area contributed by atoms with Crippen molar-refractivity contribution >= 4 is 76.4 Å². The van der Waals surface area contributed by atoms with E-state index in [1.54, 1.807) is 0 Å². The molecule has 712 valence electrons. The molecular weight excluding hydrogens is 1790 g/mol. The molecule has 24 unspecified atom stereocenters. The van der Waals surface area contributed by atoms with Gasteiger partial charge < -0.3 is 167 Å². The predicted molar refractivity (Wildman–Crippen MR) is 458 cm³/mol. The highest BCUT2D eigenvalue weighted by molar-refractivity contribution is 6.32. The molecule has 9 aliphatic rings. The van der Waals surface area contributed by atoms with Gasteiger partial charge in [0.25, 0.3) is 0 Å². The topological polar surface area (TPSA) is 662 Å². The van der Waals surface area contributed by atoms with E-state index in [-0.39, 0.29) is 28.3 Å². The van der Waals surface area contributed by atoms with E-state index < -0.39 is 327 Å². The number of amides is 8. The third-order valence-corrected chi connectivity index (χ3v) is 24.6. The Morgan fingerprint density at radius 1 is 0.526 bits per heavy atom. The zero-order valence-electron chi connectivity index (χ0n) is 71.0. The van der Waals surface area contributed by atoms with Gasteiger partial charge in [-0.25, -0.2) is 4.79 Å². The highest BCUT2D eigenvalue weighted by atomic mass is 35.5. The fraction of sp³-hybridized carbons (Fsp3) is 0.427. The molecule has 9 aliphatic heterocycles. The van der Waals surface area contributed by atoms with Gasteiger partial charge in [-0.2, -0.15) is 0 Å². The van der Waals surface area contributed by atoms with Crippen LogP contribution >= 0.6 is 23.2 Å². The molecule has 0 radical (unpaired) electrons. The van der Waals surface area contributed by atoms with Gasteiger partial charge in [0.05, 0.1) is 29.9 Å². The molecule has 8 amide bonds. The number of rotatable bonds is 20. The Kier molecular flexibility index (Phi) is 30.0. The summed E-state index contributed by atoms with van der Waals surface area (Å²) in [6.45, 7) is 2.03. The number of carboxylic acid groups (broad SMARTS) is 1. The van der Waals surface area contributed by atoms with E-state index in [4.69, 9.17) is 71.6 Å². The fourth-order valence-electron chi connectivity index (χ4n) is 16.7. The summed E-state index contributed by atoms with van der Waals surface area (Å²) in [6, 6.07) is 0.701. The molecule has 15 bridgehead atoms. The number of halogens is 2. The number of ether oxygens (including phenoxy) is 9. The molecule has 9 heterocycles. The second kappa shape index (κ2) is 41.2. The van der Waals surface area contributed by atoms with Crippen molar-refractivity contribution < 1.29 is 162 Å². The van der Waals surface area contributed by atoms with E-state index in [1.165, 1.54) is 36.4 Å². The zero-order chi connectivity index (χ0) is 95.6. The number of hydrogen-bond acceptors (Lipinski definition) is 33. The molecule has 3 saturated heterocycles. The predicted octanol–water partition coefficient (Wildman–Crippen LogP) is 1.41. The fourth-order valence-corrected chi connectivity index (χ4v) is 17.2. The van der Waals surface area contributed by atoms with Crippen LogP contribution in [-0.4, -0.2) is 254 Å². The number of aromatic hydroxyl groups is 4. The number of carbonyl (C=O) groups excluding carboxylic acids is 8. The first kappa shape index (κ1) is 97.0. The summed E-state index contributed by atoms with van der Waals surface area (Å²) in [7, 11) is 0. The number of aliphatic carboxylic acids is 1. The molecule has 42 nitrogen and oxygen atoms in total. The maximum Gasteiger partial charge on any atom is 0.330 e. The SMILES string of the molecule is CCC(C)CCCCCCC(=O)NC1C(Oc2c3cc4cc2Oc2ccc(cc2Cl)C(OC2OC(CO)C(O)C(O)C2NC(C)=O)C2NC(=O)C(NC(=O)C4NC(=O)C4NC(=O)C(Cc5ccc(c(Cl)c5)O3)NC(=O)C(N)c3cccc(O)c3Oc3cc(O)cc4c3)c3ccc(O)c(c3)-c3c(OC4OC(CO)C(O)C(O)C4O)cc(O)cc3C(C(=O)O)NC2=O)OC(CO)C(O)C1O. The quantitative estimate of drug-likeness (QED) is 0.0480. The summed E-state index contributed by atoms with van der Waals surface area (Å²) in [6.07, 6.45) is -24.9. The third kappa shape index (κ3) is 21.0. The first-order chi connectivity index (χ1) is 63.4. The van der Waals surface area contributed by atoms with Crippen LogP contribution < -0.4 is 72.0 Å². The number of carbonyl (C=O) groups is 9. The molecular formula is C89H99Cl2N9O33. The number of hydrogen-bond donors (Lipinski definition) is 24. The summed E-state index contributed by atoms with van der Waals surface area (Å²) >= 11 is 14.7. The van der Waals surface area contributed by atoms with Crippen molar-refractivity contribution in [3.05, 3.63) is 164 Å². The van der Waals surface area contributed by atoms with Gasteiger partial charge in [-0.1, -0.05) is 99.5 Å².